The van der Waals surface area contributed by atoms with Gasteiger partial charge in [-0.3, -0.25) is 4.79 Å². The molecule has 0 aliphatic heterocycles. The minimum Gasteiger partial charge on any atom is -0.385 e. The van der Waals surface area contributed by atoms with Gasteiger partial charge in [-0.25, -0.2) is 0 Å². The van der Waals surface area contributed by atoms with Gasteiger partial charge in [-0.2, -0.15) is 13.2 Å². The Morgan fingerprint density at radius 3 is 2.52 bits per heavy atom. The van der Waals surface area contributed by atoms with Crippen molar-refractivity contribution in [3.05, 3.63) is 29.3 Å². The molecule has 6 heteroatoms. The standard InChI is InChI=1S/C15H19F3N2O/c1-3-19-13-5-4-10(15(16,17)18)8-12(13)14(21)20-11-6-9(2)7-11/h4-5,8-9,11,19H,3,6-7H2,1-2H3,(H,20,21). The quantitative estimate of drug-likeness (QED) is 0.891. The lowest BCUT2D eigenvalue weighted by atomic mass is 9.82. The SMILES string of the molecule is CCNc1ccc(C(F)(F)F)cc1C(=O)NC1CC(C)C1. The normalized spacial score (nSPS) is 21.6. The van der Waals surface area contributed by atoms with Crippen LogP contribution in [0.3, 0.4) is 0 Å². The third-order valence-corrected chi connectivity index (χ3v) is 3.67. The number of hydrogen-bond donors (Lipinski definition) is 2. The van der Waals surface area contributed by atoms with Crippen molar-refractivity contribution in [2.45, 2.75) is 38.9 Å². The van der Waals surface area contributed by atoms with Crippen LogP contribution in [-0.4, -0.2) is 18.5 Å². The number of carbonyl (C=O) groups excluding carboxylic acids is 1. The van der Waals surface area contributed by atoms with Gasteiger partial charge in [0.2, 0.25) is 0 Å². The first kappa shape index (κ1) is 15.7. The van der Waals surface area contributed by atoms with E-state index in [9.17, 15) is 18.0 Å². The van der Waals surface area contributed by atoms with Gasteiger partial charge >= 0.3 is 6.18 Å². The van der Waals surface area contributed by atoms with Crippen LogP contribution >= 0.6 is 0 Å². The van der Waals surface area contributed by atoms with Gasteiger partial charge in [-0.1, -0.05) is 6.92 Å². The Kier molecular flexibility index (Phi) is 4.44. The van der Waals surface area contributed by atoms with Crippen LogP contribution in [0, 0.1) is 5.92 Å². The molecule has 1 aliphatic carbocycles. The van der Waals surface area contributed by atoms with Crippen molar-refractivity contribution >= 4 is 11.6 Å². The van der Waals surface area contributed by atoms with Crippen LogP contribution in [0.4, 0.5) is 18.9 Å². The third-order valence-electron chi connectivity index (χ3n) is 3.67. The summed E-state index contributed by atoms with van der Waals surface area (Å²) >= 11 is 0. The molecule has 0 radical (unpaired) electrons. The Labute approximate surface area is 121 Å². The Bertz CT molecular complexity index is 522. The fourth-order valence-electron chi connectivity index (χ4n) is 2.54. The first-order chi connectivity index (χ1) is 9.81. The summed E-state index contributed by atoms with van der Waals surface area (Å²) in [4.78, 5) is 12.2. The molecule has 1 fully saturated rings. The molecule has 0 spiro atoms. The number of alkyl halides is 3. The number of rotatable bonds is 4. The van der Waals surface area contributed by atoms with E-state index in [0.717, 1.165) is 25.0 Å². The zero-order valence-electron chi connectivity index (χ0n) is 12.1. The summed E-state index contributed by atoms with van der Waals surface area (Å²) in [5.74, 6) is 0.110. The largest absolute Gasteiger partial charge is 0.416 e. The lowest BCUT2D eigenvalue weighted by Crippen LogP contribution is -2.43. The first-order valence-corrected chi connectivity index (χ1v) is 7.07. The predicted molar refractivity (Wildman–Crippen MR) is 75.3 cm³/mol. The summed E-state index contributed by atoms with van der Waals surface area (Å²) in [6, 6.07) is 3.27. The van der Waals surface area contributed by atoms with Crippen molar-refractivity contribution in [3.63, 3.8) is 0 Å². The first-order valence-electron chi connectivity index (χ1n) is 7.07. The summed E-state index contributed by atoms with van der Waals surface area (Å²) < 4.78 is 38.4. The van der Waals surface area contributed by atoms with Crippen LogP contribution in [0.2, 0.25) is 0 Å². The molecular weight excluding hydrogens is 281 g/mol. The van der Waals surface area contributed by atoms with Crippen LogP contribution in [0.1, 0.15) is 42.6 Å². The van der Waals surface area contributed by atoms with Crippen molar-refractivity contribution in [1.82, 2.24) is 5.32 Å². The van der Waals surface area contributed by atoms with Gasteiger partial charge in [-0.15, -0.1) is 0 Å². The lowest BCUT2D eigenvalue weighted by molar-refractivity contribution is -0.137. The Morgan fingerprint density at radius 1 is 1.33 bits per heavy atom. The molecular formula is C15H19F3N2O. The maximum atomic E-state index is 12.8. The van der Waals surface area contributed by atoms with Crippen molar-refractivity contribution in [3.8, 4) is 0 Å². The smallest absolute Gasteiger partial charge is 0.385 e. The molecule has 2 rings (SSSR count). The average Bonchev–Trinajstić information content (AvgIpc) is 2.36. The Hall–Kier alpha value is -1.72. The number of halogens is 3. The molecule has 0 unspecified atom stereocenters. The summed E-state index contributed by atoms with van der Waals surface area (Å²) in [6.07, 6.45) is -2.70. The van der Waals surface area contributed by atoms with Crippen molar-refractivity contribution in [2.24, 2.45) is 5.92 Å². The average molecular weight is 300 g/mol. The number of hydrogen-bond acceptors (Lipinski definition) is 2. The van der Waals surface area contributed by atoms with Crippen molar-refractivity contribution in [2.75, 3.05) is 11.9 Å². The second kappa shape index (κ2) is 5.95. The molecule has 0 atom stereocenters. The summed E-state index contributed by atoms with van der Waals surface area (Å²) in [6.45, 7) is 4.44. The number of nitrogens with one attached hydrogen (secondary N) is 2. The number of benzene rings is 1. The highest BCUT2D eigenvalue weighted by atomic mass is 19.4. The van der Waals surface area contributed by atoms with Crippen LogP contribution in [0.5, 0.6) is 0 Å². The van der Waals surface area contributed by atoms with Gasteiger partial charge in [-0.05, 0) is 43.9 Å². The molecule has 1 aromatic carbocycles. The molecule has 116 valence electrons. The second-order valence-electron chi connectivity index (χ2n) is 5.54. The molecule has 1 amide bonds. The highest BCUT2D eigenvalue weighted by Crippen LogP contribution is 2.32. The Morgan fingerprint density at radius 2 is 2.00 bits per heavy atom. The van der Waals surface area contributed by atoms with Crippen LogP contribution in [0.25, 0.3) is 0 Å². The summed E-state index contributed by atoms with van der Waals surface area (Å²) in [7, 11) is 0. The van der Waals surface area contributed by atoms with Gasteiger partial charge in [0.05, 0.1) is 11.1 Å². The van der Waals surface area contributed by atoms with Gasteiger partial charge in [0.1, 0.15) is 0 Å². The highest BCUT2D eigenvalue weighted by molar-refractivity contribution is 6.00. The maximum Gasteiger partial charge on any atom is 0.416 e. The fraction of sp³-hybridized carbons (Fsp3) is 0.533. The van der Waals surface area contributed by atoms with Gasteiger partial charge in [0.25, 0.3) is 5.91 Å². The van der Waals surface area contributed by atoms with E-state index in [-0.39, 0.29) is 11.6 Å². The van der Waals surface area contributed by atoms with E-state index in [1.807, 2.05) is 6.92 Å². The maximum absolute atomic E-state index is 12.8. The monoisotopic (exact) mass is 300 g/mol. The molecule has 1 aliphatic rings. The van der Waals surface area contributed by atoms with Crippen molar-refractivity contribution in [1.29, 1.82) is 0 Å². The molecule has 1 aromatic rings. The molecule has 3 nitrogen and oxygen atoms in total. The zero-order chi connectivity index (χ0) is 15.6. The van der Waals surface area contributed by atoms with E-state index < -0.39 is 17.6 Å². The van der Waals surface area contributed by atoms with Gasteiger partial charge < -0.3 is 10.6 Å². The zero-order valence-corrected chi connectivity index (χ0v) is 12.1. The molecule has 1 saturated carbocycles. The van der Waals surface area contributed by atoms with E-state index in [1.165, 1.54) is 6.07 Å². The van der Waals surface area contributed by atoms with E-state index in [4.69, 9.17) is 0 Å². The topological polar surface area (TPSA) is 41.1 Å². The van der Waals surface area contributed by atoms with E-state index in [2.05, 4.69) is 17.6 Å². The minimum atomic E-state index is -4.45. The van der Waals surface area contributed by atoms with E-state index in [1.54, 1.807) is 0 Å². The van der Waals surface area contributed by atoms with Crippen molar-refractivity contribution < 1.29 is 18.0 Å². The highest BCUT2D eigenvalue weighted by Gasteiger charge is 2.33. The van der Waals surface area contributed by atoms with E-state index in [0.29, 0.717) is 18.2 Å². The molecule has 0 bridgehead atoms. The van der Waals surface area contributed by atoms with E-state index >= 15 is 0 Å². The van der Waals surface area contributed by atoms with Crippen LogP contribution < -0.4 is 10.6 Å². The minimum absolute atomic E-state index is 0.0474. The molecule has 21 heavy (non-hydrogen) atoms. The fourth-order valence-corrected chi connectivity index (χ4v) is 2.54. The number of amides is 1. The molecule has 0 aromatic heterocycles. The number of anilines is 1. The van der Waals surface area contributed by atoms with Crippen LogP contribution in [0.15, 0.2) is 18.2 Å². The molecule has 2 N–H and O–H groups in total. The Balaban J connectivity index is 2.23. The number of carbonyl (C=O) groups is 1. The third kappa shape index (κ3) is 3.68. The second-order valence-corrected chi connectivity index (χ2v) is 5.54. The molecule has 0 heterocycles. The summed E-state index contributed by atoms with van der Waals surface area (Å²) in [5, 5.41) is 5.72. The van der Waals surface area contributed by atoms with Gasteiger partial charge in [0.15, 0.2) is 0 Å². The van der Waals surface area contributed by atoms with Crippen LogP contribution in [-0.2, 0) is 6.18 Å². The molecule has 0 saturated heterocycles. The summed E-state index contributed by atoms with van der Waals surface area (Å²) in [5.41, 5.74) is -0.335. The lowest BCUT2D eigenvalue weighted by Gasteiger charge is -2.33. The predicted octanol–water partition coefficient (Wildman–Crippen LogP) is 3.67. The van der Waals surface area contributed by atoms with Gasteiger partial charge in [0, 0.05) is 18.3 Å².